The number of amides is 1. The maximum atomic E-state index is 12.8. The minimum absolute atomic E-state index is 0.0258. The second-order valence-electron chi connectivity index (χ2n) is 6.79. The Morgan fingerprint density at radius 1 is 1.19 bits per heavy atom. The molecule has 1 N–H and O–H groups in total. The Labute approximate surface area is 130 Å². The molecule has 1 aliphatic heterocycles. The Balaban J connectivity index is 1.60. The SMILES string of the molecule is O=C1N(CC2CCCC2)C(c2ccc(Cl)cc2)NC12CC2. The van der Waals surface area contributed by atoms with E-state index in [1.54, 1.807) is 0 Å². The highest BCUT2D eigenvalue weighted by molar-refractivity contribution is 6.30. The van der Waals surface area contributed by atoms with Crippen molar-refractivity contribution in [2.75, 3.05) is 6.54 Å². The maximum absolute atomic E-state index is 12.8. The number of carbonyl (C=O) groups excluding carboxylic acids is 1. The lowest BCUT2D eigenvalue weighted by Crippen LogP contribution is -2.35. The molecule has 112 valence electrons. The van der Waals surface area contributed by atoms with Gasteiger partial charge in [0.25, 0.3) is 0 Å². The van der Waals surface area contributed by atoms with Gasteiger partial charge in [-0.3, -0.25) is 10.1 Å². The van der Waals surface area contributed by atoms with Crippen LogP contribution < -0.4 is 5.32 Å². The third-order valence-corrected chi connectivity index (χ3v) is 5.51. The lowest BCUT2D eigenvalue weighted by atomic mass is 10.1. The smallest absolute Gasteiger partial charge is 0.244 e. The average Bonchev–Trinajstić information content (AvgIpc) is 2.99. The summed E-state index contributed by atoms with van der Waals surface area (Å²) in [5.41, 5.74) is 0.901. The fourth-order valence-electron chi connectivity index (χ4n) is 3.84. The standard InChI is InChI=1S/C17H21ClN2O/c18-14-7-5-13(6-8-14)15-19-17(9-10-17)16(21)20(15)11-12-3-1-2-4-12/h5-8,12,15,19H,1-4,9-11H2. The first kappa shape index (κ1) is 13.6. The van der Waals surface area contributed by atoms with E-state index in [1.165, 1.54) is 25.7 Å². The van der Waals surface area contributed by atoms with Gasteiger partial charge in [-0.15, -0.1) is 0 Å². The Bertz CT molecular complexity index is 546. The summed E-state index contributed by atoms with van der Waals surface area (Å²) in [6, 6.07) is 7.90. The molecule has 4 heteroatoms. The third-order valence-electron chi connectivity index (χ3n) is 5.26. The minimum atomic E-state index is -0.247. The van der Waals surface area contributed by atoms with E-state index in [-0.39, 0.29) is 11.7 Å². The molecule has 0 aromatic heterocycles. The van der Waals surface area contributed by atoms with E-state index in [9.17, 15) is 4.79 Å². The highest BCUT2D eigenvalue weighted by Crippen LogP contribution is 2.46. The van der Waals surface area contributed by atoms with E-state index < -0.39 is 0 Å². The van der Waals surface area contributed by atoms with Crippen molar-refractivity contribution in [1.82, 2.24) is 10.2 Å². The Morgan fingerprint density at radius 3 is 2.48 bits per heavy atom. The molecule has 0 bridgehead atoms. The molecule has 0 radical (unpaired) electrons. The number of hydrogen-bond donors (Lipinski definition) is 1. The second-order valence-corrected chi connectivity index (χ2v) is 7.22. The van der Waals surface area contributed by atoms with Gasteiger partial charge in [0.1, 0.15) is 11.7 Å². The molecule has 2 aliphatic carbocycles. The Morgan fingerprint density at radius 2 is 1.86 bits per heavy atom. The quantitative estimate of drug-likeness (QED) is 0.927. The van der Waals surface area contributed by atoms with Crippen molar-refractivity contribution < 1.29 is 4.79 Å². The number of nitrogens with one attached hydrogen (secondary N) is 1. The van der Waals surface area contributed by atoms with Crippen LogP contribution in [-0.4, -0.2) is 22.9 Å². The van der Waals surface area contributed by atoms with Crippen LogP contribution in [0.15, 0.2) is 24.3 Å². The number of halogens is 1. The monoisotopic (exact) mass is 304 g/mol. The van der Waals surface area contributed by atoms with E-state index in [4.69, 9.17) is 11.6 Å². The molecule has 3 aliphatic rings. The molecular weight excluding hydrogens is 284 g/mol. The van der Waals surface area contributed by atoms with Crippen LogP contribution in [0.3, 0.4) is 0 Å². The van der Waals surface area contributed by atoms with Crippen LogP contribution in [0.1, 0.15) is 50.3 Å². The van der Waals surface area contributed by atoms with Gasteiger partial charge in [-0.1, -0.05) is 36.6 Å². The molecule has 1 saturated heterocycles. The first-order chi connectivity index (χ1) is 10.2. The molecule has 3 fully saturated rings. The van der Waals surface area contributed by atoms with Crippen LogP contribution in [0.4, 0.5) is 0 Å². The van der Waals surface area contributed by atoms with Crippen LogP contribution >= 0.6 is 11.6 Å². The van der Waals surface area contributed by atoms with Gasteiger partial charge in [0.15, 0.2) is 0 Å². The first-order valence-corrected chi connectivity index (χ1v) is 8.40. The summed E-state index contributed by atoms with van der Waals surface area (Å²) in [6.07, 6.45) is 7.16. The van der Waals surface area contributed by atoms with Crippen molar-refractivity contribution >= 4 is 17.5 Å². The lowest BCUT2D eigenvalue weighted by molar-refractivity contribution is -0.131. The van der Waals surface area contributed by atoms with Gasteiger partial charge in [0, 0.05) is 11.6 Å². The molecule has 1 amide bonds. The Hall–Kier alpha value is -1.06. The van der Waals surface area contributed by atoms with Crippen LogP contribution in [0, 0.1) is 5.92 Å². The summed E-state index contributed by atoms with van der Waals surface area (Å²) in [4.78, 5) is 14.9. The molecule has 1 unspecified atom stereocenters. The normalized spacial score (nSPS) is 27.8. The Kier molecular flexibility index (Phi) is 3.23. The predicted molar refractivity (Wildman–Crippen MR) is 83.0 cm³/mol. The molecule has 2 saturated carbocycles. The fourth-order valence-corrected chi connectivity index (χ4v) is 3.97. The van der Waals surface area contributed by atoms with Gasteiger partial charge in [0.2, 0.25) is 5.91 Å². The molecular formula is C17H21ClN2O. The van der Waals surface area contributed by atoms with E-state index in [0.29, 0.717) is 11.8 Å². The van der Waals surface area contributed by atoms with Gasteiger partial charge in [0.05, 0.1) is 0 Å². The highest BCUT2D eigenvalue weighted by Gasteiger charge is 2.59. The third kappa shape index (κ3) is 2.36. The van der Waals surface area contributed by atoms with Gasteiger partial charge in [-0.2, -0.15) is 0 Å². The van der Waals surface area contributed by atoms with Crippen molar-refractivity contribution in [3.05, 3.63) is 34.9 Å². The molecule has 1 aromatic rings. The summed E-state index contributed by atoms with van der Waals surface area (Å²) >= 11 is 5.99. The summed E-state index contributed by atoms with van der Waals surface area (Å²) in [7, 11) is 0. The van der Waals surface area contributed by atoms with Gasteiger partial charge in [-0.05, 0) is 49.3 Å². The highest BCUT2D eigenvalue weighted by atomic mass is 35.5. The van der Waals surface area contributed by atoms with Crippen molar-refractivity contribution in [1.29, 1.82) is 0 Å². The van der Waals surface area contributed by atoms with E-state index in [1.807, 2.05) is 24.3 Å². The minimum Gasteiger partial charge on any atom is -0.321 e. The van der Waals surface area contributed by atoms with Crippen LogP contribution in [0.25, 0.3) is 0 Å². The summed E-state index contributed by atoms with van der Waals surface area (Å²) < 4.78 is 0. The number of rotatable bonds is 3. The van der Waals surface area contributed by atoms with Crippen molar-refractivity contribution in [2.45, 2.75) is 50.2 Å². The zero-order valence-electron chi connectivity index (χ0n) is 12.1. The number of benzene rings is 1. The van der Waals surface area contributed by atoms with Crippen molar-refractivity contribution in [3.63, 3.8) is 0 Å². The van der Waals surface area contributed by atoms with Gasteiger partial charge >= 0.3 is 0 Å². The predicted octanol–water partition coefficient (Wildman–Crippen LogP) is 3.49. The summed E-state index contributed by atoms with van der Waals surface area (Å²) in [5.74, 6) is 0.994. The molecule has 1 spiro atoms. The maximum Gasteiger partial charge on any atom is 0.244 e. The molecule has 4 rings (SSSR count). The topological polar surface area (TPSA) is 32.3 Å². The average molecular weight is 305 g/mol. The van der Waals surface area contributed by atoms with E-state index in [2.05, 4.69) is 10.2 Å². The van der Waals surface area contributed by atoms with Crippen LogP contribution in [0.2, 0.25) is 5.02 Å². The second kappa shape index (κ2) is 4.99. The first-order valence-electron chi connectivity index (χ1n) is 8.02. The fraction of sp³-hybridized carbons (Fsp3) is 0.588. The number of carbonyl (C=O) groups is 1. The summed E-state index contributed by atoms with van der Waals surface area (Å²) in [6.45, 7) is 0.904. The molecule has 3 nitrogen and oxygen atoms in total. The van der Waals surface area contributed by atoms with E-state index in [0.717, 1.165) is 30.0 Å². The van der Waals surface area contributed by atoms with Crippen LogP contribution in [0.5, 0.6) is 0 Å². The molecule has 1 aromatic carbocycles. The lowest BCUT2D eigenvalue weighted by Gasteiger charge is -2.27. The van der Waals surface area contributed by atoms with E-state index >= 15 is 0 Å². The summed E-state index contributed by atoms with van der Waals surface area (Å²) in [5, 5.41) is 4.33. The molecule has 21 heavy (non-hydrogen) atoms. The molecule has 1 atom stereocenters. The zero-order valence-corrected chi connectivity index (χ0v) is 12.9. The van der Waals surface area contributed by atoms with Gasteiger partial charge in [-0.25, -0.2) is 0 Å². The van der Waals surface area contributed by atoms with Crippen molar-refractivity contribution in [3.8, 4) is 0 Å². The number of hydrogen-bond acceptors (Lipinski definition) is 2. The van der Waals surface area contributed by atoms with Crippen molar-refractivity contribution in [2.24, 2.45) is 5.92 Å². The molecule has 1 heterocycles. The zero-order chi connectivity index (χ0) is 14.4. The van der Waals surface area contributed by atoms with Gasteiger partial charge < -0.3 is 4.90 Å². The largest absolute Gasteiger partial charge is 0.321 e. The van der Waals surface area contributed by atoms with Crippen LogP contribution in [-0.2, 0) is 4.79 Å². The number of nitrogens with zero attached hydrogens (tertiary/aromatic N) is 1.